The maximum Gasteiger partial charge on any atom is 0.336 e. The van der Waals surface area contributed by atoms with Crippen molar-refractivity contribution in [2.75, 3.05) is 13.1 Å². The molecule has 124 valence electrons. The molecule has 0 spiro atoms. The highest BCUT2D eigenvalue weighted by Crippen LogP contribution is 2.29. The molecule has 1 aromatic heterocycles. The summed E-state index contributed by atoms with van der Waals surface area (Å²) in [5.74, 6) is 0.333. The number of benzene rings is 2. The molecule has 1 saturated heterocycles. The fraction of sp³-hybridized carbons (Fsp3) is 0.350. The normalized spacial score (nSPS) is 22.2. The first-order valence-electron chi connectivity index (χ1n) is 8.47. The van der Waals surface area contributed by atoms with Crippen LogP contribution < -0.4 is 5.63 Å². The second kappa shape index (κ2) is 6.04. The fourth-order valence-corrected chi connectivity index (χ4v) is 3.64. The Kier molecular flexibility index (Phi) is 3.87. The summed E-state index contributed by atoms with van der Waals surface area (Å²) in [4.78, 5) is 14.2. The predicted molar refractivity (Wildman–Crippen MR) is 95.1 cm³/mol. The highest BCUT2D eigenvalue weighted by molar-refractivity contribution is 6.07. The molecule has 4 rings (SSSR count). The van der Waals surface area contributed by atoms with Crippen LogP contribution in [0.2, 0.25) is 0 Å². The molecule has 1 aliphatic rings. The van der Waals surface area contributed by atoms with E-state index < -0.39 is 0 Å². The van der Waals surface area contributed by atoms with Crippen molar-refractivity contribution in [3.63, 3.8) is 0 Å². The van der Waals surface area contributed by atoms with Gasteiger partial charge in [-0.15, -0.1) is 0 Å². The van der Waals surface area contributed by atoms with E-state index in [2.05, 4.69) is 24.0 Å². The lowest BCUT2D eigenvalue weighted by Crippen LogP contribution is -2.42. The summed E-state index contributed by atoms with van der Waals surface area (Å²) >= 11 is 0. The first kappa shape index (κ1) is 15.4. The minimum atomic E-state index is -0.321. The number of likely N-dealkylation sites (tertiary alicyclic amines) is 1. The molecule has 24 heavy (non-hydrogen) atoms. The van der Waals surface area contributed by atoms with Crippen molar-refractivity contribution in [3.8, 4) is 0 Å². The van der Waals surface area contributed by atoms with Gasteiger partial charge in [-0.05, 0) is 41.3 Å². The molecule has 3 aromatic rings. The Morgan fingerprint density at radius 2 is 2.08 bits per heavy atom. The summed E-state index contributed by atoms with van der Waals surface area (Å²) in [5.41, 5.74) is 1.28. The molecule has 0 amide bonds. The molecule has 4 heteroatoms. The van der Waals surface area contributed by atoms with Crippen molar-refractivity contribution in [1.82, 2.24) is 4.90 Å². The van der Waals surface area contributed by atoms with Crippen LogP contribution in [0, 0.1) is 5.92 Å². The average Bonchev–Trinajstić information content (AvgIpc) is 2.57. The summed E-state index contributed by atoms with van der Waals surface area (Å²) < 4.78 is 5.41. The summed E-state index contributed by atoms with van der Waals surface area (Å²) in [6.45, 7) is 4.32. The lowest BCUT2D eigenvalue weighted by Gasteiger charge is -2.34. The van der Waals surface area contributed by atoms with Gasteiger partial charge in [-0.25, -0.2) is 4.79 Å². The minimum absolute atomic E-state index is 0.304. The van der Waals surface area contributed by atoms with Gasteiger partial charge in [-0.1, -0.05) is 37.3 Å². The van der Waals surface area contributed by atoms with E-state index in [1.165, 1.54) is 0 Å². The Morgan fingerprint density at radius 3 is 2.92 bits per heavy atom. The smallest absolute Gasteiger partial charge is 0.336 e. The van der Waals surface area contributed by atoms with Crippen LogP contribution in [-0.4, -0.2) is 29.2 Å². The third kappa shape index (κ3) is 2.72. The SMILES string of the molecule is CC1CCN(Cc2cc(=O)oc3ccc4ccccc4c23)CC1O. The molecule has 0 bridgehead atoms. The first-order chi connectivity index (χ1) is 11.6. The van der Waals surface area contributed by atoms with Crippen LogP contribution in [-0.2, 0) is 6.54 Å². The average molecular weight is 323 g/mol. The number of hydrogen-bond acceptors (Lipinski definition) is 4. The van der Waals surface area contributed by atoms with Crippen molar-refractivity contribution in [2.45, 2.75) is 26.0 Å². The van der Waals surface area contributed by atoms with Crippen LogP contribution >= 0.6 is 0 Å². The maximum atomic E-state index is 12.0. The number of piperidine rings is 1. The Bertz CT molecular complexity index is 946. The van der Waals surface area contributed by atoms with E-state index in [0.29, 0.717) is 24.6 Å². The molecule has 0 radical (unpaired) electrons. The number of aliphatic hydroxyl groups excluding tert-OH is 1. The standard InChI is InChI=1S/C20H21NO3/c1-13-8-9-21(12-17(13)22)11-15-10-19(23)24-18-7-6-14-4-2-3-5-16(14)20(15)18/h2-7,10,13,17,22H,8-9,11-12H2,1H3. The molecule has 2 atom stereocenters. The Hall–Kier alpha value is -2.17. The third-order valence-electron chi connectivity index (χ3n) is 5.11. The van der Waals surface area contributed by atoms with E-state index in [9.17, 15) is 9.90 Å². The van der Waals surface area contributed by atoms with Gasteiger partial charge in [0, 0.05) is 24.5 Å². The van der Waals surface area contributed by atoms with Crippen molar-refractivity contribution < 1.29 is 9.52 Å². The summed E-state index contributed by atoms with van der Waals surface area (Å²) in [7, 11) is 0. The van der Waals surface area contributed by atoms with Crippen LogP contribution in [0.15, 0.2) is 51.7 Å². The van der Waals surface area contributed by atoms with Crippen LogP contribution in [0.3, 0.4) is 0 Å². The minimum Gasteiger partial charge on any atom is -0.423 e. The van der Waals surface area contributed by atoms with Crippen LogP contribution in [0.4, 0.5) is 0 Å². The van der Waals surface area contributed by atoms with Crippen LogP contribution in [0.25, 0.3) is 21.7 Å². The second-order valence-corrected chi connectivity index (χ2v) is 6.82. The molecule has 1 aliphatic heterocycles. The lowest BCUT2D eigenvalue weighted by atomic mass is 9.95. The number of nitrogens with zero attached hydrogens (tertiary/aromatic N) is 1. The summed E-state index contributed by atoms with van der Waals surface area (Å²) in [6, 6.07) is 13.6. The predicted octanol–water partition coefficient (Wildman–Crippen LogP) is 3.15. The Morgan fingerprint density at radius 1 is 1.25 bits per heavy atom. The highest BCUT2D eigenvalue weighted by atomic mass is 16.4. The molecule has 2 heterocycles. The van der Waals surface area contributed by atoms with Gasteiger partial charge in [0.05, 0.1) is 6.10 Å². The van der Waals surface area contributed by atoms with Crippen molar-refractivity contribution in [3.05, 3.63) is 58.4 Å². The third-order valence-corrected chi connectivity index (χ3v) is 5.11. The van der Waals surface area contributed by atoms with Crippen LogP contribution in [0.5, 0.6) is 0 Å². The highest BCUT2D eigenvalue weighted by Gasteiger charge is 2.25. The second-order valence-electron chi connectivity index (χ2n) is 6.82. The van der Waals surface area contributed by atoms with Crippen molar-refractivity contribution >= 4 is 21.7 Å². The maximum absolute atomic E-state index is 12.0. The molecule has 1 N–H and O–H groups in total. The molecule has 0 saturated carbocycles. The quantitative estimate of drug-likeness (QED) is 0.581. The molecule has 1 fully saturated rings. The Balaban J connectivity index is 1.82. The van der Waals surface area contributed by atoms with E-state index in [-0.39, 0.29) is 11.7 Å². The molecule has 2 aromatic carbocycles. The lowest BCUT2D eigenvalue weighted by molar-refractivity contribution is 0.0260. The molecule has 4 nitrogen and oxygen atoms in total. The fourth-order valence-electron chi connectivity index (χ4n) is 3.64. The zero-order chi connectivity index (χ0) is 16.7. The van der Waals surface area contributed by atoms with Crippen molar-refractivity contribution in [1.29, 1.82) is 0 Å². The number of β-amino-alcohol motifs (C(OH)–C–C–N with tert-alkyl or cyclic N) is 1. The first-order valence-corrected chi connectivity index (χ1v) is 8.47. The van der Waals surface area contributed by atoms with Gasteiger partial charge in [0.25, 0.3) is 0 Å². The van der Waals surface area contributed by atoms with E-state index in [4.69, 9.17) is 4.42 Å². The molecular weight excluding hydrogens is 302 g/mol. The summed E-state index contributed by atoms with van der Waals surface area (Å²) in [6.07, 6.45) is 0.670. The largest absolute Gasteiger partial charge is 0.423 e. The van der Waals surface area contributed by atoms with Crippen molar-refractivity contribution in [2.24, 2.45) is 5.92 Å². The van der Waals surface area contributed by atoms with E-state index in [1.54, 1.807) is 6.07 Å². The molecular formula is C20H21NO3. The number of hydrogen-bond donors (Lipinski definition) is 1. The van der Waals surface area contributed by atoms with Gasteiger partial charge < -0.3 is 9.52 Å². The molecule has 2 unspecified atom stereocenters. The van der Waals surface area contributed by atoms with Gasteiger partial charge in [0.15, 0.2) is 0 Å². The van der Waals surface area contributed by atoms with E-state index in [1.807, 2.05) is 24.3 Å². The van der Waals surface area contributed by atoms with Gasteiger partial charge in [-0.2, -0.15) is 0 Å². The van der Waals surface area contributed by atoms with E-state index >= 15 is 0 Å². The number of fused-ring (bicyclic) bond motifs is 3. The number of rotatable bonds is 2. The Labute approximate surface area is 140 Å². The van der Waals surface area contributed by atoms with Gasteiger partial charge in [0.2, 0.25) is 0 Å². The topological polar surface area (TPSA) is 53.7 Å². The zero-order valence-electron chi connectivity index (χ0n) is 13.7. The summed E-state index contributed by atoms with van der Waals surface area (Å²) in [5, 5.41) is 13.4. The zero-order valence-corrected chi connectivity index (χ0v) is 13.7. The monoisotopic (exact) mass is 323 g/mol. The van der Waals surface area contributed by atoms with Gasteiger partial charge in [-0.3, -0.25) is 4.90 Å². The van der Waals surface area contributed by atoms with Crippen LogP contribution in [0.1, 0.15) is 18.9 Å². The van der Waals surface area contributed by atoms with E-state index in [0.717, 1.165) is 34.7 Å². The number of aliphatic hydroxyl groups is 1. The van der Waals surface area contributed by atoms with Gasteiger partial charge >= 0.3 is 5.63 Å². The van der Waals surface area contributed by atoms with Gasteiger partial charge in [0.1, 0.15) is 5.58 Å². The molecule has 0 aliphatic carbocycles.